The van der Waals surface area contributed by atoms with E-state index in [1.165, 1.54) is 22.5 Å². The minimum atomic E-state index is -0.0517. The fourth-order valence-electron chi connectivity index (χ4n) is 3.27. The maximum atomic E-state index is 12.4. The van der Waals surface area contributed by atoms with Crippen LogP contribution in [0.15, 0.2) is 73.4 Å². The number of ether oxygens (including phenoxy) is 1. The van der Waals surface area contributed by atoms with E-state index in [9.17, 15) is 4.79 Å². The number of carbonyl (C=O) groups excluding carboxylic acids is 1. The SMILES string of the molecule is CN=C1S/C(=C/c2cc(Br)c(OCc3cccc4ccccc34)c(Br)c2)C(=O)N1C. The van der Waals surface area contributed by atoms with E-state index in [0.717, 1.165) is 25.8 Å². The summed E-state index contributed by atoms with van der Waals surface area (Å²) < 4.78 is 7.78. The monoisotopic (exact) mass is 544 g/mol. The molecule has 4 nitrogen and oxygen atoms in total. The molecular weight excluding hydrogens is 528 g/mol. The lowest BCUT2D eigenvalue weighted by Gasteiger charge is -2.13. The van der Waals surface area contributed by atoms with E-state index in [4.69, 9.17) is 4.74 Å². The van der Waals surface area contributed by atoms with Crippen molar-refractivity contribution >= 4 is 71.5 Å². The van der Waals surface area contributed by atoms with Gasteiger partial charge in [-0.25, -0.2) is 0 Å². The number of aliphatic imine (C=N–C) groups is 1. The summed E-state index contributed by atoms with van der Waals surface area (Å²) in [5, 5.41) is 3.07. The van der Waals surface area contributed by atoms with Crippen LogP contribution in [0.5, 0.6) is 5.75 Å². The quantitative estimate of drug-likeness (QED) is 0.352. The second kappa shape index (κ2) is 8.96. The summed E-state index contributed by atoms with van der Waals surface area (Å²) >= 11 is 8.60. The van der Waals surface area contributed by atoms with E-state index in [-0.39, 0.29) is 5.91 Å². The van der Waals surface area contributed by atoms with Crippen molar-refractivity contribution < 1.29 is 9.53 Å². The summed E-state index contributed by atoms with van der Waals surface area (Å²) in [6, 6.07) is 18.4. The highest BCUT2D eigenvalue weighted by Crippen LogP contribution is 2.38. The van der Waals surface area contributed by atoms with Crippen molar-refractivity contribution in [2.75, 3.05) is 14.1 Å². The zero-order chi connectivity index (χ0) is 21.3. The first-order valence-electron chi connectivity index (χ1n) is 9.21. The first kappa shape index (κ1) is 21.2. The average molecular weight is 546 g/mol. The van der Waals surface area contributed by atoms with E-state index in [0.29, 0.717) is 16.7 Å². The number of hydrogen-bond donors (Lipinski definition) is 0. The Kier molecular flexibility index (Phi) is 6.32. The Balaban J connectivity index is 1.58. The number of fused-ring (bicyclic) bond motifs is 1. The molecule has 0 aliphatic carbocycles. The summed E-state index contributed by atoms with van der Waals surface area (Å²) in [5.74, 6) is 0.674. The van der Waals surface area contributed by atoms with E-state index in [1.807, 2.05) is 36.4 Å². The molecule has 0 bridgehead atoms. The molecule has 1 aliphatic rings. The Morgan fingerprint density at radius 3 is 2.50 bits per heavy atom. The van der Waals surface area contributed by atoms with Gasteiger partial charge >= 0.3 is 0 Å². The van der Waals surface area contributed by atoms with Gasteiger partial charge < -0.3 is 4.74 Å². The van der Waals surface area contributed by atoms with Crippen LogP contribution in [-0.4, -0.2) is 30.1 Å². The zero-order valence-electron chi connectivity index (χ0n) is 16.4. The Morgan fingerprint density at radius 1 is 1.10 bits per heavy atom. The number of likely N-dealkylation sites (N-methyl/N-ethyl adjacent to an activating group) is 1. The predicted molar refractivity (Wildman–Crippen MR) is 132 cm³/mol. The number of halogens is 2. The first-order valence-corrected chi connectivity index (χ1v) is 11.6. The third-order valence-corrected chi connectivity index (χ3v) is 7.09. The molecule has 0 unspecified atom stereocenters. The smallest absolute Gasteiger partial charge is 0.266 e. The number of amides is 1. The van der Waals surface area contributed by atoms with E-state index < -0.39 is 0 Å². The standard InChI is InChI=1S/C23H18Br2N2O2S/c1-26-23-27(2)22(28)20(30-23)12-14-10-18(24)21(19(25)11-14)29-13-16-8-5-7-15-6-3-4-9-17(15)16/h3-12H,13H2,1-2H3/b20-12+,26-23?. The van der Waals surface area contributed by atoms with Crippen LogP contribution in [0.2, 0.25) is 0 Å². The van der Waals surface area contributed by atoms with Crippen LogP contribution in [0.1, 0.15) is 11.1 Å². The first-order chi connectivity index (χ1) is 14.5. The van der Waals surface area contributed by atoms with Crippen LogP contribution in [-0.2, 0) is 11.4 Å². The fraction of sp³-hybridized carbons (Fsp3) is 0.130. The maximum absolute atomic E-state index is 12.4. The van der Waals surface area contributed by atoms with Gasteiger partial charge in [-0.2, -0.15) is 0 Å². The van der Waals surface area contributed by atoms with Gasteiger partial charge in [-0.3, -0.25) is 14.7 Å². The van der Waals surface area contributed by atoms with Gasteiger partial charge in [0, 0.05) is 14.1 Å². The molecule has 0 aromatic heterocycles. The summed E-state index contributed by atoms with van der Waals surface area (Å²) in [4.78, 5) is 18.7. The second-order valence-corrected chi connectivity index (χ2v) is 9.44. The highest BCUT2D eigenvalue weighted by molar-refractivity contribution is 9.11. The summed E-state index contributed by atoms with van der Waals surface area (Å²) in [5.41, 5.74) is 2.02. The molecular formula is C23H18Br2N2O2S. The summed E-state index contributed by atoms with van der Waals surface area (Å²) in [7, 11) is 3.42. The maximum Gasteiger partial charge on any atom is 0.266 e. The molecule has 0 saturated carbocycles. The van der Waals surface area contributed by atoms with Crippen molar-refractivity contribution in [3.8, 4) is 5.75 Å². The highest BCUT2D eigenvalue weighted by Gasteiger charge is 2.29. The Hall–Kier alpha value is -2.09. The molecule has 3 aromatic rings. The predicted octanol–water partition coefficient (Wildman–Crippen LogP) is 6.48. The van der Waals surface area contributed by atoms with Crippen molar-refractivity contribution in [2.24, 2.45) is 4.99 Å². The molecule has 3 aromatic carbocycles. The largest absolute Gasteiger partial charge is 0.487 e. The summed E-state index contributed by atoms with van der Waals surface area (Å²) in [6.45, 7) is 0.453. The van der Waals surface area contributed by atoms with Gasteiger partial charge in [0.15, 0.2) is 5.17 Å². The van der Waals surface area contributed by atoms with Gasteiger partial charge in [-0.1, -0.05) is 42.5 Å². The molecule has 1 amide bonds. The Morgan fingerprint density at radius 2 is 1.80 bits per heavy atom. The minimum Gasteiger partial charge on any atom is -0.487 e. The van der Waals surface area contributed by atoms with E-state index in [1.54, 1.807) is 19.0 Å². The van der Waals surface area contributed by atoms with Crippen LogP contribution in [0.4, 0.5) is 0 Å². The van der Waals surface area contributed by atoms with Crippen LogP contribution in [0.25, 0.3) is 16.8 Å². The number of thioether (sulfide) groups is 1. The molecule has 1 saturated heterocycles. The second-order valence-electron chi connectivity index (χ2n) is 6.72. The summed E-state index contributed by atoms with van der Waals surface area (Å²) in [6.07, 6.45) is 1.87. The fourth-order valence-corrected chi connectivity index (χ4v) is 5.65. The van der Waals surface area contributed by atoms with E-state index >= 15 is 0 Å². The number of benzene rings is 3. The van der Waals surface area contributed by atoms with Crippen LogP contribution in [0.3, 0.4) is 0 Å². The molecule has 1 fully saturated rings. The molecule has 1 heterocycles. The van der Waals surface area contributed by atoms with Gasteiger partial charge in [-0.05, 0) is 83.7 Å². The number of hydrogen-bond acceptors (Lipinski definition) is 4. The number of carbonyl (C=O) groups is 1. The van der Waals surface area contributed by atoms with Crippen molar-refractivity contribution in [1.82, 2.24) is 4.90 Å². The third kappa shape index (κ3) is 4.19. The third-order valence-electron chi connectivity index (χ3n) is 4.77. The topological polar surface area (TPSA) is 41.9 Å². The zero-order valence-corrected chi connectivity index (χ0v) is 20.3. The van der Waals surface area contributed by atoms with Crippen molar-refractivity contribution in [3.63, 3.8) is 0 Å². The number of rotatable bonds is 4. The lowest BCUT2D eigenvalue weighted by Crippen LogP contribution is -2.23. The lowest BCUT2D eigenvalue weighted by atomic mass is 10.1. The van der Waals surface area contributed by atoms with Gasteiger partial charge in [0.05, 0.1) is 13.9 Å². The molecule has 0 atom stereocenters. The molecule has 4 rings (SSSR count). The van der Waals surface area contributed by atoms with Crippen molar-refractivity contribution in [3.05, 3.63) is 79.6 Å². The normalized spacial score (nSPS) is 16.8. The van der Waals surface area contributed by atoms with E-state index in [2.05, 4.69) is 61.1 Å². The number of amidine groups is 1. The van der Waals surface area contributed by atoms with Crippen LogP contribution < -0.4 is 4.74 Å². The van der Waals surface area contributed by atoms with Gasteiger partial charge in [0.1, 0.15) is 12.4 Å². The molecule has 0 radical (unpaired) electrons. The molecule has 0 spiro atoms. The Labute approximate surface area is 196 Å². The molecule has 30 heavy (non-hydrogen) atoms. The Bertz CT molecular complexity index is 1180. The van der Waals surface area contributed by atoms with Crippen LogP contribution in [0, 0.1) is 0 Å². The van der Waals surface area contributed by atoms with Crippen molar-refractivity contribution in [2.45, 2.75) is 6.61 Å². The highest BCUT2D eigenvalue weighted by atomic mass is 79.9. The molecule has 0 N–H and O–H groups in total. The van der Waals surface area contributed by atoms with Gasteiger partial charge in [0.2, 0.25) is 0 Å². The molecule has 152 valence electrons. The van der Waals surface area contributed by atoms with Crippen LogP contribution >= 0.6 is 43.6 Å². The van der Waals surface area contributed by atoms with Crippen molar-refractivity contribution in [1.29, 1.82) is 0 Å². The minimum absolute atomic E-state index is 0.0517. The number of nitrogens with zero attached hydrogens (tertiary/aromatic N) is 2. The molecule has 7 heteroatoms. The van der Waals surface area contributed by atoms with Gasteiger partial charge in [0.25, 0.3) is 5.91 Å². The average Bonchev–Trinajstić information content (AvgIpc) is 3.01. The molecule has 1 aliphatic heterocycles. The van der Waals surface area contributed by atoms with Gasteiger partial charge in [-0.15, -0.1) is 0 Å². The lowest BCUT2D eigenvalue weighted by molar-refractivity contribution is -0.121.